The molecule has 1 aromatic carbocycles. The zero-order chi connectivity index (χ0) is 13.4. The van der Waals surface area contributed by atoms with Gasteiger partial charge in [0.25, 0.3) is 0 Å². The molecule has 0 atom stereocenters. The van der Waals surface area contributed by atoms with E-state index in [1.54, 1.807) is 30.3 Å². The monoisotopic (exact) mass is 274 g/mol. The third-order valence-corrected chi connectivity index (χ3v) is 3.17. The molecule has 0 aliphatic carbocycles. The molecular formula is C14H8ClFN2O. The molecule has 0 aliphatic heterocycles. The molecule has 0 aliphatic rings. The van der Waals surface area contributed by atoms with Gasteiger partial charge in [-0.05, 0) is 36.4 Å². The summed E-state index contributed by atoms with van der Waals surface area (Å²) in [7, 11) is 0. The van der Waals surface area contributed by atoms with Crippen molar-refractivity contribution in [2.24, 2.45) is 0 Å². The molecule has 5 heteroatoms. The molecule has 0 saturated heterocycles. The number of carbonyl (C=O) groups is 1. The van der Waals surface area contributed by atoms with Gasteiger partial charge in [0.05, 0.1) is 11.1 Å². The van der Waals surface area contributed by atoms with Crippen molar-refractivity contribution < 1.29 is 9.18 Å². The number of carbonyl (C=O) groups excluding carboxylic acids is 1. The summed E-state index contributed by atoms with van der Waals surface area (Å²) in [5.74, 6) is -0.335. The van der Waals surface area contributed by atoms with Crippen LogP contribution in [-0.4, -0.2) is 15.9 Å². The zero-order valence-electron chi connectivity index (χ0n) is 9.68. The first kappa shape index (κ1) is 11.9. The molecule has 0 bridgehead atoms. The molecule has 3 rings (SSSR count). The molecule has 0 fully saturated rings. The predicted octanol–water partition coefficient (Wildman–Crippen LogP) is 3.61. The lowest BCUT2D eigenvalue weighted by molar-refractivity contribution is 0.112. The maximum atomic E-state index is 12.9. The maximum absolute atomic E-state index is 12.9. The minimum Gasteiger partial charge on any atom is -0.298 e. The molecule has 0 radical (unpaired) electrons. The third kappa shape index (κ3) is 1.90. The van der Waals surface area contributed by atoms with Crippen LogP contribution >= 0.6 is 11.6 Å². The van der Waals surface area contributed by atoms with Gasteiger partial charge in [0.1, 0.15) is 16.7 Å². The number of aldehydes is 1. The average Bonchev–Trinajstić information content (AvgIpc) is 2.79. The molecule has 2 heterocycles. The van der Waals surface area contributed by atoms with Crippen LogP contribution in [0.1, 0.15) is 10.4 Å². The van der Waals surface area contributed by atoms with Crippen molar-refractivity contribution in [1.82, 2.24) is 9.61 Å². The summed E-state index contributed by atoms with van der Waals surface area (Å²) in [4.78, 5) is 11.3. The van der Waals surface area contributed by atoms with E-state index in [0.717, 1.165) is 6.29 Å². The number of hydrogen-bond acceptors (Lipinski definition) is 2. The largest absolute Gasteiger partial charge is 0.298 e. The molecule has 0 unspecified atom stereocenters. The maximum Gasteiger partial charge on any atom is 0.154 e. The molecule has 0 saturated carbocycles. The topological polar surface area (TPSA) is 34.4 Å². The quantitative estimate of drug-likeness (QED) is 0.528. The first-order valence-corrected chi connectivity index (χ1v) is 5.97. The van der Waals surface area contributed by atoms with Crippen LogP contribution < -0.4 is 0 Å². The van der Waals surface area contributed by atoms with E-state index in [-0.39, 0.29) is 5.82 Å². The highest BCUT2D eigenvalue weighted by atomic mass is 35.5. The van der Waals surface area contributed by atoms with Gasteiger partial charge in [-0.15, -0.1) is 0 Å². The van der Waals surface area contributed by atoms with Crippen molar-refractivity contribution >= 4 is 23.4 Å². The Hall–Kier alpha value is -2.20. The molecule has 2 aromatic heterocycles. The van der Waals surface area contributed by atoms with Crippen LogP contribution in [0.2, 0.25) is 5.15 Å². The number of halogens is 2. The number of rotatable bonds is 2. The van der Waals surface area contributed by atoms with E-state index >= 15 is 0 Å². The Morgan fingerprint density at radius 1 is 1.16 bits per heavy atom. The molecule has 3 nitrogen and oxygen atoms in total. The molecule has 94 valence electrons. The Morgan fingerprint density at radius 3 is 2.58 bits per heavy atom. The Morgan fingerprint density at radius 2 is 1.89 bits per heavy atom. The fourth-order valence-electron chi connectivity index (χ4n) is 1.99. The van der Waals surface area contributed by atoms with Crippen molar-refractivity contribution in [2.45, 2.75) is 0 Å². The normalized spacial score (nSPS) is 10.8. The van der Waals surface area contributed by atoms with Crippen LogP contribution in [0.5, 0.6) is 0 Å². The predicted molar refractivity (Wildman–Crippen MR) is 71.0 cm³/mol. The SMILES string of the molecule is O=Cc1c(-c2ccc(F)cc2)nn2c(Cl)cccc12. The highest BCUT2D eigenvalue weighted by Gasteiger charge is 2.15. The second kappa shape index (κ2) is 4.48. The van der Waals surface area contributed by atoms with E-state index < -0.39 is 0 Å². The smallest absolute Gasteiger partial charge is 0.154 e. The van der Waals surface area contributed by atoms with E-state index in [2.05, 4.69) is 5.10 Å². The number of fused-ring (bicyclic) bond motifs is 1. The fraction of sp³-hybridized carbons (Fsp3) is 0. The Kier molecular flexibility index (Phi) is 2.80. The van der Waals surface area contributed by atoms with Crippen molar-refractivity contribution in [1.29, 1.82) is 0 Å². The first-order chi connectivity index (χ1) is 9.20. The number of aromatic nitrogens is 2. The molecule has 0 N–H and O–H groups in total. The minimum absolute atomic E-state index is 0.335. The van der Waals surface area contributed by atoms with E-state index in [1.807, 2.05) is 0 Å². The van der Waals surface area contributed by atoms with Crippen LogP contribution in [0.25, 0.3) is 16.8 Å². The second-order valence-corrected chi connectivity index (χ2v) is 4.42. The zero-order valence-corrected chi connectivity index (χ0v) is 10.4. The number of benzene rings is 1. The molecule has 3 aromatic rings. The van der Waals surface area contributed by atoms with Crippen molar-refractivity contribution in [3.63, 3.8) is 0 Å². The Bertz CT molecular complexity index is 765. The highest BCUT2D eigenvalue weighted by molar-refractivity contribution is 6.29. The molecule has 0 amide bonds. The van der Waals surface area contributed by atoms with Crippen LogP contribution in [0, 0.1) is 5.82 Å². The van der Waals surface area contributed by atoms with E-state index in [4.69, 9.17) is 11.6 Å². The van der Waals surface area contributed by atoms with Crippen LogP contribution in [0.15, 0.2) is 42.5 Å². The van der Waals surface area contributed by atoms with E-state index in [9.17, 15) is 9.18 Å². The van der Waals surface area contributed by atoms with Gasteiger partial charge in [0, 0.05) is 5.56 Å². The molecule has 0 spiro atoms. The summed E-state index contributed by atoms with van der Waals surface area (Å²) in [5, 5.41) is 4.73. The lowest BCUT2D eigenvalue weighted by atomic mass is 10.1. The van der Waals surface area contributed by atoms with Gasteiger partial charge in [0.15, 0.2) is 6.29 Å². The lowest BCUT2D eigenvalue weighted by Crippen LogP contribution is -1.88. The number of nitrogens with zero attached hydrogens (tertiary/aromatic N) is 2. The van der Waals surface area contributed by atoms with Gasteiger partial charge in [0.2, 0.25) is 0 Å². The second-order valence-electron chi connectivity index (χ2n) is 4.03. The first-order valence-electron chi connectivity index (χ1n) is 5.59. The van der Waals surface area contributed by atoms with Gasteiger partial charge in [-0.2, -0.15) is 5.10 Å². The molecule has 19 heavy (non-hydrogen) atoms. The number of hydrogen-bond donors (Lipinski definition) is 0. The van der Waals surface area contributed by atoms with Gasteiger partial charge >= 0.3 is 0 Å². The summed E-state index contributed by atoms with van der Waals surface area (Å²) < 4.78 is 14.4. The Balaban J connectivity index is 2.32. The van der Waals surface area contributed by atoms with Crippen molar-refractivity contribution in [3.8, 4) is 11.3 Å². The highest BCUT2D eigenvalue weighted by Crippen LogP contribution is 2.26. The summed E-state index contributed by atoms with van der Waals surface area (Å²) >= 11 is 6.04. The van der Waals surface area contributed by atoms with Crippen molar-refractivity contribution in [3.05, 3.63) is 59.0 Å². The van der Waals surface area contributed by atoms with E-state index in [1.165, 1.54) is 16.6 Å². The standard InChI is InChI=1S/C14H8ClFN2O/c15-13-3-1-2-12-11(8-19)14(17-18(12)13)9-4-6-10(16)7-5-9/h1-8H. The minimum atomic E-state index is -0.335. The third-order valence-electron chi connectivity index (χ3n) is 2.88. The molecular weight excluding hydrogens is 267 g/mol. The van der Waals surface area contributed by atoms with Gasteiger partial charge in [-0.25, -0.2) is 8.91 Å². The number of pyridine rings is 1. The summed E-state index contributed by atoms with van der Waals surface area (Å²) in [6, 6.07) is 11.0. The van der Waals surface area contributed by atoms with Gasteiger partial charge < -0.3 is 0 Å². The Labute approximate surface area is 113 Å². The van der Waals surface area contributed by atoms with Crippen LogP contribution in [-0.2, 0) is 0 Å². The van der Waals surface area contributed by atoms with Crippen molar-refractivity contribution in [2.75, 3.05) is 0 Å². The van der Waals surface area contributed by atoms with Gasteiger partial charge in [-0.3, -0.25) is 4.79 Å². The average molecular weight is 275 g/mol. The van der Waals surface area contributed by atoms with Gasteiger partial charge in [-0.1, -0.05) is 17.7 Å². The fourth-order valence-corrected chi connectivity index (χ4v) is 2.19. The summed E-state index contributed by atoms with van der Waals surface area (Å²) in [6.07, 6.45) is 0.733. The summed E-state index contributed by atoms with van der Waals surface area (Å²) in [6.45, 7) is 0. The van der Waals surface area contributed by atoms with Crippen LogP contribution in [0.3, 0.4) is 0 Å². The van der Waals surface area contributed by atoms with E-state index in [0.29, 0.717) is 27.5 Å². The van der Waals surface area contributed by atoms with Crippen LogP contribution in [0.4, 0.5) is 4.39 Å². The summed E-state index contributed by atoms with van der Waals surface area (Å²) in [5.41, 5.74) is 2.22. The lowest BCUT2D eigenvalue weighted by Gasteiger charge is -1.96.